The van der Waals surface area contributed by atoms with E-state index in [0.717, 1.165) is 38.5 Å². The van der Waals surface area contributed by atoms with Crippen LogP contribution in [-0.4, -0.2) is 193 Å². The van der Waals surface area contributed by atoms with E-state index in [1.54, 1.807) is 12.2 Å². The molecule has 0 aromatic carbocycles. The SMILES string of the molecule is CCC/C=C/C(O)C(COC1OC(CO)C(OC2OC(CO)C(OC3OC(CO)C(O)C(O)C3O)C(O)C2O)C(O)C1O)NC(=O)CCCCCCCCC/C=C\CCCCCCCCC. The van der Waals surface area contributed by atoms with Gasteiger partial charge in [-0.15, -0.1) is 0 Å². The highest BCUT2D eigenvalue weighted by Gasteiger charge is 2.53. The van der Waals surface area contributed by atoms with Crippen molar-refractivity contribution < 1.29 is 89.4 Å². The van der Waals surface area contributed by atoms with Gasteiger partial charge in [0.15, 0.2) is 18.9 Å². The normalized spacial score (nSPS) is 34.0. The molecule has 386 valence electrons. The van der Waals surface area contributed by atoms with Crippen molar-refractivity contribution >= 4 is 5.91 Å². The average Bonchev–Trinajstić information content (AvgIpc) is 3.31. The Labute approximate surface area is 390 Å². The lowest BCUT2D eigenvalue weighted by Crippen LogP contribution is -2.66. The molecule has 1 amide bonds. The number of allylic oxidation sites excluding steroid dienone is 3. The van der Waals surface area contributed by atoms with E-state index in [0.29, 0.717) is 12.8 Å². The largest absolute Gasteiger partial charge is 0.394 e. The summed E-state index contributed by atoms with van der Waals surface area (Å²) >= 11 is 0. The molecule has 3 fully saturated rings. The van der Waals surface area contributed by atoms with Crippen molar-refractivity contribution in [1.82, 2.24) is 5.32 Å². The fraction of sp³-hybridized carbons (Fsp3) is 0.894. The van der Waals surface area contributed by atoms with Gasteiger partial charge in [-0.3, -0.25) is 4.79 Å². The van der Waals surface area contributed by atoms with Gasteiger partial charge in [0, 0.05) is 6.42 Å². The number of hydrogen-bond donors (Lipinski definition) is 12. The van der Waals surface area contributed by atoms with Crippen molar-refractivity contribution in [1.29, 1.82) is 0 Å². The number of carbonyl (C=O) groups is 1. The summed E-state index contributed by atoms with van der Waals surface area (Å²) in [5.74, 6) is -0.295. The Kier molecular flexibility index (Phi) is 29.3. The fourth-order valence-electron chi connectivity index (χ4n) is 8.31. The van der Waals surface area contributed by atoms with E-state index >= 15 is 0 Å². The van der Waals surface area contributed by atoms with Gasteiger partial charge in [-0.1, -0.05) is 115 Å². The molecule has 0 aromatic heterocycles. The standard InChI is InChI=1S/C47H85NO18/c1-3-5-7-8-9-10-11-12-13-14-15-16-17-18-19-20-21-23-25-35(53)48-30(31(52)24-22-6-4-2)29-61-45-41(59)38(56)43(33(27-50)63-45)66-47-42(60)39(57)44(34(28-51)64-47)65-46-40(58)37(55)36(54)32(26-49)62-46/h13-14,22,24,30-34,36-47,49-52,54-60H,3-12,15-21,23,25-29H2,1-2H3,(H,48,53)/b14-13-,24-22+. The van der Waals surface area contributed by atoms with Crippen LogP contribution < -0.4 is 5.32 Å². The molecule has 17 atom stereocenters. The molecule has 3 rings (SSSR count). The Balaban J connectivity index is 1.45. The fourth-order valence-corrected chi connectivity index (χ4v) is 8.31. The van der Waals surface area contributed by atoms with Crippen LogP contribution in [0.2, 0.25) is 0 Å². The van der Waals surface area contributed by atoms with Crippen LogP contribution >= 0.6 is 0 Å². The van der Waals surface area contributed by atoms with Crippen LogP contribution in [0.1, 0.15) is 136 Å². The van der Waals surface area contributed by atoms with E-state index < -0.39 is 124 Å². The third-order valence-electron chi connectivity index (χ3n) is 12.5. The van der Waals surface area contributed by atoms with Crippen LogP contribution in [0.4, 0.5) is 0 Å². The van der Waals surface area contributed by atoms with Gasteiger partial charge in [-0.2, -0.15) is 0 Å². The molecule has 0 radical (unpaired) electrons. The Morgan fingerprint density at radius 3 is 1.50 bits per heavy atom. The highest BCUT2D eigenvalue weighted by molar-refractivity contribution is 5.76. The molecule has 12 N–H and O–H groups in total. The Hall–Kier alpha value is -1.73. The molecule has 66 heavy (non-hydrogen) atoms. The topological polar surface area (TPSA) is 307 Å². The van der Waals surface area contributed by atoms with Crippen LogP contribution in [-0.2, 0) is 33.2 Å². The predicted molar refractivity (Wildman–Crippen MR) is 240 cm³/mol. The summed E-state index contributed by atoms with van der Waals surface area (Å²) in [4.78, 5) is 13.0. The minimum absolute atomic E-state index is 0.236. The summed E-state index contributed by atoms with van der Waals surface area (Å²) in [7, 11) is 0. The van der Waals surface area contributed by atoms with Gasteiger partial charge in [0.05, 0.1) is 38.6 Å². The number of aliphatic hydroxyl groups excluding tert-OH is 11. The highest BCUT2D eigenvalue weighted by Crippen LogP contribution is 2.33. The van der Waals surface area contributed by atoms with E-state index in [1.807, 2.05) is 6.92 Å². The summed E-state index contributed by atoms with van der Waals surface area (Å²) in [6, 6.07) is -0.967. The first-order valence-electron chi connectivity index (χ1n) is 24.6. The molecule has 19 nitrogen and oxygen atoms in total. The molecule has 3 aliphatic heterocycles. The van der Waals surface area contributed by atoms with Crippen LogP contribution in [0.15, 0.2) is 24.3 Å². The van der Waals surface area contributed by atoms with E-state index in [4.69, 9.17) is 28.4 Å². The van der Waals surface area contributed by atoms with Crippen molar-refractivity contribution in [3.05, 3.63) is 24.3 Å². The zero-order chi connectivity index (χ0) is 48.4. The number of ether oxygens (including phenoxy) is 6. The molecule has 3 heterocycles. The van der Waals surface area contributed by atoms with Crippen LogP contribution in [0.25, 0.3) is 0 Å². The molecule has 3 saturated heterocycles. The van der Waals surface area contributed by atoms with Crippen molar-refractivity contribution in [3.8, 4) is 0 Å². The second-order valence-electron chi connectivity index (χ2n) is 17.9. The molecular formula is C47H85NO18. The van der Waals surface area contributed by atoms with Gasteiger partial charge in [-0.25, -0.2) is 0 Å². The van der Waals surface area contributed by atoms with Crippen LogP contribution in [0.3, 0.4) is 0 Å². The molecule has 17 unspecified atom stereocenters. The first kappa shape index (κ1) is 58.6. The molecule has 0 saturated carbocycles. The highest BCUT2D eigenvalue weighted by atomic mass is 16.8. The minimum Gasteiger partial charge on any atom is -0.394 e. The monoisotopic (exact) mass is 952 g/mol. The molecule has 3 aliphatic rings. The summed E-state index contributed by atoms with van der Waals surface area (Å²) < 4.78 is 33.8. The maximum absolute atomic E-state index is 13.0. The number of aliphatic hydroxyl groups is 11. The van der Waals surface area contributed by atoms with Gasteiger partial charge < -0.3 is 89.9 Å². The second-order valence-corrected chi connectivity index (χ2v) is 17.9. The molecule has 19 heteroatoms. The third kappa shape index (κ3) is 19.2. The maximum atomic E-state index is 13.0. The van der Waals surface area contributed by atoms with Crippen LogP contribution in [0.5, 0.6) is 0 Å². The molecular weight excluding hydrogens is 867 g/mol. The van der Waals surface area contributed by atoms with E-state index in [2.05, 4.69) is 24.4 Å². The van der Waals surface area contributed by atoms with Gasteiger partial charge in [0.2, 0.25) is 5.91 Å². The summed E-state index contributed by atoms with van der Waals surface area (Å²) in [6.45, 7) is 1.44. The average molecular weight is 952 g/mol. The molecule has 0 spiro atoms. The van der Waals surface area contributed by atoms with Crippen molar-refractivity contribution in [2.45, 2.75) is 240 Å². The van der Waals surface area contributed by atoms with Gasteiger partial charge in [0.1, 0.15) is 73.2 Å². The zero-order valence-electron chi connectivity index (χ0n) is 39.2. The van der Waals surface area contributed by atoms with Crippen molar-refractivity contribution in [3.63, 3.8) is 0 Å². The smallest absolute Gasteiger partial charge is 0.220 e. The van der Waals surface area contributed by atoms with Gasteiger partial charge in [0.25, 0.3) is 0 Å². The lowest BCUT2D eigenvalue weighted by molar-refractivity contribution is -0.379. The van der Waals surface area contributed by atoms with Crippen molar-refractivity contribution in [2.24, 2.45) is 0 Å². The first-order chi connectivity index (χ1) is 31.8. The molecule has 0 bridgehead atoms. The number of hydrogen-bond acceptors (Lipinski definition) is 18. The van der Waals surface area contributed by atoms with Gasteiger partial charge >= 0.3 is 0 Å². The van der Waals surface area contributed by atoms with E-state index in [-0.39, 0.29) is 18.9 Å². The summed E-state index contributed by atoms with van der Waals surface area (Å²) in [5, 5.41) is 119. The third-order valence-corrected chi connectivity index (χ3v) is 12.5. The number of unbranched alkanes of at least 4 members (excludes halogenated alkanes) is 15. The molecule has 0 aliphatic carbocycles. The number of carbonyl (C=O) groups excluding carboxylic acids is 1. The van der Waals surface area contributed by atoms with E-state index in [1.165, 1.54) is 64.2 Å². The lowest BCUT2D eigenvalue weighted by Gasteiger charge is -2.48. The number of nitrogens with one attached hydrogen (secondary N) is 1. The van der Waals surface area contributed by atoms with Gasteiger partial charge in [-0.05, 0) is 38.5 Å². The first-order valence-corrected chi connectivity index (χ1v) is 24.6. The Morgan fingerprint density at radius 2 is 0.985 bits per heavy atom. The lowest BCUT2D eigenvalue weighted by atomic mass is 9.96. The minimum atomic E-state index is -1.97. The predicted octanol–water partition coefficient (Wildman–Crippen LogP) is 0.861. The Morgan fingerprint density at radius 1 is 0.530 bits per heavy atom. The number of amides is 1. The van der Waals surface area contributed by atoms with Crippen molar-refractivity contribution in [2.75, 3.05) is 26.4 Å². The van der Waals surface area contributed by atoms with Crippen LogP contribution in [0, 0.1) is 0 Å². The van der Waals surface area contributed by atoms with E-state index in [9.17, 15) is 61.0 Å². The Bertz CT molecular complexity index is 1330. The summed E-state index contributed by atoms with van der Waals surface area (Å²) in [6.07, 6.45) is 1.68. The maximum Gasteiger partial charge on any atom is 0.220 e. The quantitative estimate of drug-likeness (QED) is 0.0321. The zero-order valence-corrected chi connectivity index (χ0v) is 39.2. The molecule has 0 aromatic rings. The second kappa shape index (κ2) is 33.0. The number of rotatable bonds is 33. The summed E-state index contributed by atoms with van der Waals surface area (Å²) in [5.41, 5.74) is 0.